The Morgan fingerprint density at radius 1 is 1.37 bits per heavy atom. The first-order chi connectivity index (χ1) is 19.7. The summed E-state index contributed by atoms with van der Waals surface area (Å²) in [6.45, 7) is 0.286. The fraction of sp³-hybridized carbons (Fsp3) is 0.273. The van der Waals surface area contributed by atoms with E-state index in [0.717, 1.165) is 16.2 Å². The fourth-order valence-electron chi connectivity index (χ4n) is 4.29. The minimum absolute atomic E-state index is 0.0409. The standard InChI is InChI=1S/C22H21N9O7S3/c23-21-25-11(9-41-21)14(28-37)17(32)26-15-18(33)31-16(20(34)35)10(8-40-19(15)31)7-29-3-4-30-13(29)2-1-12(27-30)39-6-5-38-22(24)36/h1-4,9,15,19H,5-8H2,(H6-,23,24,25,26,32,34,35,36,37)/t15-,19-/m1/s1. The van der Waals surface area contributed by atoms with Gasteiger partial charge >= 0.3 is 11.7 Å². The Kier molecular flexibility index (Phi) is 7.99. The summed E-state index contributed by atoms with van der Waals surface area (Å²) in [6.07, 6.45) is 2.58. The molecule has 41 heavy (non-hydrogen) atoms. The molecule has 16 nitrogen and oxygen atoms in total. The lowest BCUT2D eigenvalue weighted by Gasteiger charge is -2.50. The van der Waals surface area contributed by atoms with E-state index >= 15 is 0 Å². The number of amides is 3. The van der Waals surface area contributed by atoms with Crippen molar-refractivity contribution in [3.63, 3.8) is 0 Å². The number of carbonyl (C=O) groups excluding carboxylic acids is 4. The number of anilines is 1. The van der Waals surface area contributed by atoms with E-state index in [4.69, 9.17) is 16.2 Å². The summed E-state index contributed by atoms with van der Waals surface area (Å²) in [5.41, 5.74) is 11.0. The number of nitrogen functional groups attached to an aromatic ring is 1. The number of aliphatic carboxylic acids is 1. The monoisotopic (exact) mass is 619 g/mol. The van der Waals surface area contributed by atoms with Crippen molar-refractivity contribution in [2.75, 3.05) is 23.8 Å². The zero-order chi connectivity index (χ0) is 29.3. The number of thiazole rings is 1. The lowest BCUT2D eigenvalue weighted by Crippen LogP contribution is -2.71. The molecule has 2 aliphatic heterocycles. The van der Waals surface area contributed by atoms with Crippen LogP contribution in [0.25, 0.3) is 5.65 Å². The molecule has 1 saturated heterocycles. The molecule has 214 valence electrons. The van der Waals surface area contributed by atoms with E-state index in [-0.39, 0.29) is 35.4 Å². The molecule has 2 atom stereocenters. The Morgan fingerprint density at radius 3 is 2.85 bits per heavy atom. The summed E-state index contributed by atoms with van der Waals surface area (Å²) in [5.74, 6) is -2.31. The van der Waals surface area contributed by atoms with Crippen LogP contribution in [0, 0.1) is 0 Å². The predicted octanol–water partition coefficient (Wildman–Crippen LogP) is -1.87. The Bertz CT molecular complexity index is 1620. The molecule has 19 heteroatoms. The first kappa shape index (κ1) is 28.2. The highest BCUT2D eigenvalue weighted by Gasteiger charge is 2.53. The highest BCUT2D eigenvalue weighted by Crippen LogP contribution is 2.40. The molecule has 0 aromatic carbocycles. The van der Waals surface area contributed by atoms with Gasteiger partial charge in [0.1, 0.15) is 41.5 Å². The van der Waals surface area contributed by atoms with Crippen molar-refractivity contribution >= 4 is 75.2 Å². The average molecular weight is 620 g/mol. The highest BCUT2D eigenvalue weighted by atomic mass is 32.2. The zero-order valence-corrected chi connectivity index (χ0v) is 23.3. The number of thioether (sulfide) groups is 2. The summed E-state index contributed by atoms with van der Waals surface area (Å²) < 4.78 is 8.11. The summed E-state index contributed by atoms with van der Waals surface area (Å²) in [7, 11) is 0. The Hall–Kier alpha value is -4.36. The predicted molar refractivity (Wildman–Crippen MR) is 144 cm³/mol. The molecular formula is C22H21N9O7S3. The molecule has 1 fully saturated rings. The van der Waals surface area contributed by atoms with Gasteiger partial charge in [0.2, 0.25) is 0 Å². The van der Waals surface area contributed by atoms with Gasteiger partial charge in [0.25, 0.3) is 11.8 Å². The molecule has 0 spiro atoms. The van der Waals surface area contributed by atoms with Gasteiger partial charge in [-0.15, -0.1) is 27.6 Å². The third kappa shape index (κ3) is 5.63. The van der Waals surface area contributed by atoms with Crippen LogP contribution in [-0.2, 0) is 25.7 Å². The summed E-state index contributed by atoms with van der Waals surface area (Å²) in [5, 5.41) is 33.0. The maximum atomic E-state index is 13.0. The summed E-state index contributed by atoms with van der Waals surface area (Å²) in [6, 6.07) is 2.53. The van der Waals surface area contributed by atoms with E-state index in [2.05, 4.69) is 20.6 Å². The van der Waals surface area contributed by atoms with Crippen molar-refractivity contribution in [3.05, 3.63) is 46.9 Å². The van der Waals surface area contributed by atoms with Crippen LogP contribution in [0.2, 0.25) is 0 Å². The number of aromatic nitrogens is 4. The number of fused-ring (bicyclic) bond motifs is 2. The summed E-state index contributed by atoms with van der Waals surface area (Å²) in [4.78, 5) is 53.6. The molecule has 3 amide bonds. The molecule has 6 N–H and O–H groups in total. The second-order valence-corrected chi connectivity index (χ2v) is 11.6. The number of nitrogens with zero attached hydrogens (tertiary/aromatic N) is 6. The minimum atomic E-state index is -1.52. The van der Waals surface area contributed by atoms with Gasteiger partial charge in [-0.2, -0.15) is 0 Å². The highest BCUT2D eigenvalue weighted by molar-refractivity contribution is 8.00. The Balaban J connectivity index is 1.29. The van der Waals surface area contributed by atoms with E-state index in [1.54, 1.807) is 33.6 Å². The molecule has 0 bridgehead atoms. The van der Waals surface area contributed by atoms with Gasteiger partial charge in [-0.3, -0.25) is 14.5 Å². The first-order valence-electron chi connectivity index (χ1n) is 11.7. The van der Waals surface area contributed by atoms with Crippen LogP contribution in [0.3, 0.4) is 0 Å². The number of oxime groups is 1. The van der Waals surface area contributed by atoms with Crippen molar-refractivity contribution in [1.29, 1.82) is 0 Å². The molecule has 0 unspecified atom stereocenters. The van der Waals surface area contributed by atoms with Gasteiger partial charge < -0.3 is 36.6 Å². The third-order valence-corrected chi connectivity index (χ3v) is 8.94. The van der Waals surface area contributed by atoms with Gasteiger partial charge in [0.05, 0.1) is 11.7 Å². The maximum absolute atomic E-state index is 13.0. The van der Waals surface area contributed by atoms with Gasteiger partial charge in [0.15, 0.2) is 17.0 Å². The summed E-state index contributed by atoms with van der Waals surface area (Å²) >= 11 is 3.69. The molecule has 0 aliphatic carbocycles. The van der Waals surface area contributed by atoms with E-state index in [0.29, 0.717) is 22.0 Å². The number of hydrogen-bond acceptors (Lipinski definition) is 14. The van der Waals surface area contributed by atoms with Crippen LogP contribution < -0.4 is 26.5 Å². The Labute approximate surface area is 243 Å². The number of primary amides is 1. The average Bonchev–Trinajstić information content (AvgIpc) is 3.55. The number of rotatable bonds is 10. The Morgan fingerprint density at radius 2 is 2.17 bits per heavy atom. The third-order valence-electron chi connectivity index (χ3n) is 6.04. The number of carboxylic acid groups (broad SMARTS) is 1. The van der Waals surface area contributed by atoms with Gasteiger partial charge in [-0.05, 0) is 6.07 Å². The quantitative estimate of drug-likeness (QED) is 0.0372. The van der Waals surface area contributed by atoms with Crippen LogP contribution in [0.5, 0.6) is 0 Å². The number of hydrogen-bond donors (Lipinski definition) is 4. The minimum Gasteiger partial charge on any atom is -0.543 e. The maximum Gasteiger partial charge on any atom is 0.404 e. The lowest BCUT2D eigenvalue weighted by atomic mass is 10.0. The second-order valence-electron chi connectivity index (χ2n) is 8.54. The fourth-order valence-corrected chi connectivity index (χ4v) is 6.86. The van der Waals surface area contributed by atoms with E-state index in [9.17, 15) is 29.5 Å². The lowest BCUT2D eigenvalue weighted by molar-refractivity contribution is -0.662. The first-order valence-corrected chi connectivity index (χ1v) is 14.6. The molecule has 0 radical (unpaired) electrons. The number of β-lactam (4-membered cyclic amide) rings is 1. The van der Waals surface area contributed by atoms with Crippen molar-refractivity contribution < 1.29 is 38.8 Å². The molecule has 5 heterocycles. The molecule has 3 aromatic rings. The number of ether oxygens (including phenoxy) is 1. The number of nitrogens with two attached hydrogens (primary N) is 2. The molecule has 5 rings (SSSR count). The van der Waals surface area contributed by atoms with Crippen molar-refractivity contribution in [1.82, 2.24) is 24.8 Å². The van der Waals surface area contributed by atoms with Gasteiger partial charge in [0, 0.05) is 28.5 Å². The normalized spacial score (nSPS) is 18.7. The molecule has 3 aromatic heterocycles. The number of imidazole rings is 1. The van der Waals surface area contributed by atoms with E-state index < -0.39 is 41.0 Å². The van der Waals surface area contributed by atoms with E-state index in [1.165, 1.54) is 28.9 Å². The van der Waals surface area contributed by atoms with Gasteiger partial charge in [-0.25, -0.2) is 14.3 Å². The SMILES string of the molecule is NC(=O)OCCSc1ccc2n(cc[n+]2CC2=C(C(=O)[O-])N3C(=O)[C@@H](NC(=O)/C(=N\O)c4csc(N)n4)[C@H]3SC2)n1. The second kappa shape index (κ2) is 11.6. The van der Waals surface area contributed by atoms with Crippen LogP contribution in [0.15, 0.2) is 51.4 Å². The van der Waals surface area contributed by atoms with Crippen molar-refractivity contribution in [2.24, 2.45) is 10.9 Å². The zero-order valence-electron chi connectivity index (χ0n) is 20.8. The number of carbonyl (C=O) groups is 4. The van der Waals surface area contributed by atoms with Crippen LogP contribution in [-0.4, -0.2) is 83.8 Å². The van der Waals surface area contributed by atoms with Crippen molar-refractivity contribution in [3.8, 4) is 0 Å². The van der Waals surface area contributed by atoms with Gasteiger partial charge in [-0.1, -0.05) is 22.0 Å². The molecule has 0 saturated carbocycles. The molecule has 2 aliphatic rings. The van der Waals surface area contributed by atoms with Crippen LogP contribution in [0.4, 0.5) is 9.93 Å². The largest absolute Gasteiger partial charge is 0.543 e. The molecular weight excluding hydrogens is 598 g/mol. The van der Waals surface area contributed by atoms with E-state index in [1.807, 2.05) is 0 Å². The van der Waals surface area contributed by atoms with Crippen LogP contribution in [0.1, 0.15) is 5.69 Å². The van der Waals surface area contributed by atoms with Crippen molar-refractivity contribution in [2.45, 2.75) is 23.0 Å². The number of nitrogens with one attached hydrogen (secondary N) is 1. The topological polar surface area (TPSA) is 235 Å². The smallest absolute Gasteiger partial charge is 0.404 e. The van der Waals surface area contributed by atoms with Crippen LogP contribution >= 0.6 is 34.9 Å². The number of carboxylic acids is 1.